The third-order valence-corrected chi connectivity index (χ3v) is 3.92. The molecule has 0 bridgehead atoms. The fraction of sp³-hybridized carbons (Fsp3) is 0.636. The molecule has 116 valence electrons. The summed E-state index contributed by atoms with van der Waals surface area (Å²) in [6, 6.07) is 1.54. The number of aromatic nitrogens is 2. The Morgan fingerprint density at radius 3 is 3.05 bits per heavy atom. The van der Waals surface area contributed by atoms with Gasteiger partial charge in [-0.15, -0.1) is 4.52 Å². The van der Waals surface area contributed by atoms with Gasteiger partial charge < -0.3 is 15.8 Å². The average molecular weight is 316 g/mol. The van der Waals surface area contributed by atoms with E-state index in [9.17, 15) is 9.36 Å². The second-order valence-electron chi connectivity index (χ2n) is 4.79. The average Bonchev–Trinajstić information content (AvgIpc) is 2.45. The SMILES string of the molecule is CN(C)[P+](=O)OCC1CNCC(n2ccc(N)nc2=O)O1. The maximum absolute atomic E-state index is 11.8. The second-order valence-corrected chi connectivity index (χ2v) is 6.33. The van der Waals surface area contributed by atoms with E-state index in [1.54, 1.807) is 20.3 Å². The van der Waals surface area contributed by atoms with E-state index in [4.69, 9.17) is 15.0 Å². The Morgan fingerprint density at radius 2 is 2.38 bits per heavy atom. The van der Waals surface area contributed by atoms with Crippen LogP contribution in [0.15, 0.2) is 17.1 Å². The van der Waals surface area contributed by atoms with Crippen LogP contribution in [-0.2, 0) is 13.8 Å². The summed E-state index contributed by atoms with van der Waals surface area (Å²) < 4.78 is 25.4. The summed E-state index contributed by atoms with van der Waals surface area (Å²) in [4.78, 5) is 15.4. The highest BCUT2D eigenvalue weighted by atomic mass is 31.1. The Bertz CT molecular complexity index is 564. The predicted octanol–water partition coefficient (Wildman–Crippen LogP) is -0.452. The Labute approximate surface area is 123 Å². The fourth-order valence-electron chi connectivity index (χ4n) is 1.86. The molecule has 3 atom stereocenters. The van der Waals surface area contributed by atoms with Gasteiger partial charge in [0.05, 0.1) is 0 Å². The Kier molecular flexibility index (Phi) is 5.38. The molecule has 2 heterocycles. The third-order valence-electron chi connectivity index (χ3n) is 2.90. The second kappa shape index (κ2) is 7.06. The molecule has 0 aromatic carbocycles. The highest BCUT2D eigenvalue weighted by Crippen LogP contribution is 2.25. The van der Waals surface area contributed by atoms with E-state index in [0.717, 1.165) is 0 Å². The monoisotopic (exact) mass is 316 g/mol. The molecule has 0 radical (unpaired) electrons. The van der Waals surface area contributed by atoms with Crippen molar-refractivity contribution in [3.8, 4) is 0 Å². The van der Waals surface area contributed by atoms with Crippen LogP contribution in [0.1, 0.15) is 6.23 Å². The summed E-state index contributed by atoms with van der Waals surface area (Å²) in [5.74, 6) is 0.169. The number of hydrogen-bond acceptors (Lipinski definition) is 7. The maximum atomic E-state index is 11.8. The smallest absolute Gasteiger partial charge is 0.383 e. The minimum Gasteiger partial charge on any atom is -0.383 e. The van der Waals surface area contributed by atoms with Crippen LogP contribution in [-0.4, -0.2) is 54.1 Å². The standard InChI is InChI=1S/C11H18N5O4P/c1-15(2)21(18)19-7-8-5-13-6-10(20-8)16-4-3-9(12)14-11(16)17/h3-4,8,10,13H,5-7H2,1-2H3,(H-,12,14,17)/p+1. The fourth-order valence-corrected chi connectivity index (χ4v) is 2.38. The van der Waals surface area contributed by atoms with Crippen LogP contribution < -0.4 is 16.7 Å². The zero-order chi connectivity index (χ0) is 15.4. The van der Waals surface area contributed by atoms with E-state index < -0.39 is 20.1 Å². The predicted molar refractivity (Wildman–Crippen MR) is 76.9 cm³/mol. The molecule has 1 aliphatic rings. The molecule has 1 saturated heterocycles. The van der Waals surface area contributed by atoms with Crippen molar-refractivity contribution in [2.75, 3.05) is 39.5 Å². The molecular weight excluding hydrogens is 297 g/mol. The Hall–Kier alpha value is -1.38. The molecule has 3 N–H and O–H groups in total. The van der Waals surface area contributed by atoms with Crippen molar-refractivity contribution in [1.82, 2.24) is 19.5 Å². The number of nitrogens with zero attached hydrogens (tertiary/aromatic N) is 3. The Balaban J connectivity index is 1.97. The van der Waals surface area contributed by atoms with E-state index in [2.05, 4.69) is 10.3 Å². The third kappa shape index (κ3) is 4.29. The topological polar surface area (TPSA) is 112 Å². The molecule has 1 fully saturated rings. The van der Waals surface area contributed by atoms with E-state index in [1.807, 2.05) is 0 Å². The van der Waals surface area contributed by atoms with Crippen molar-refractivity contribution in [3.05, 3.63) is 22.7 Å². The number of hydrogen-bond donors (Lipinski definition) is 2. The summed E-state index contributed by atoms with van der Waals surface area (Å²) in [5, 5.41) is 3.15. The summed E-state index contributed by atoms with van der Waals surface area (Å²) in [7, 11) is 1.47. The van der Waals surface area contributed by atoms with E-state index in [1.165, 1.54) is 15.3 Å². The molecular formula is C11H19N5O4P+. The van der Waals surface area contributed by atoms with Crippen molar-refractivity contribution < 1.29 is 13.8 Å². The van der Waals surface area contributed by atoms with Gasteiger partial charge >= 0.3 is 13.9 Å². The number of nitrogens with two attached hydrogens (primary N) is 1. The molecule has 3 unspecified atom stereocenters. The van der Waals surface area contributed by atoms with Gasteiger partial charge in [0.2, 0.25) is 0 Å². The summed E-state index contributed by atoms with van der Waals surface area (Å²) >= 11 is 0. The van der Waals surface area contributed by atoms with Crippen molar-refractivity contribution in [1.29, 1.82) is 0 Å². The largest absolute Gasteiger partial charge is 0.615 e. The zero-order valence-electron chi connectivity index (χ0n) is 11.9. The number of ether oxygens (including phenoxy) is 1. The first-order chi connectivity index (χ1) is 9.97. The molecule has 0 spiro atoms. The Morgan fingerprint density at radius 1 is 1.62 bits per heavy atom. The van der Waals surface area contributed by atoms with Crippen molar-refractivity contribution in [2.45, 2.75) is 12.3 Å². The van der Waals surface area contributed by atoms with Gasteiger partial charge in [0.1, 0.15) is 18.5 Å². The van der Waals surface area contributed by atoms with Crippen LogP contribution in [0.25, 0.3) is 0 Å². The first kappa shape index (κ1) is 16.0. The van der Waals surface area contributed by atoms with E-state index >= 15 is 0 Å². The summed E-state index contributed by atoms with van der Waals surface area (Å²) in [6.45, 7) is 1.21. The van der Waals surface area contributed by atoms with Gasteiger partial charge in [0.15, 0.2) is 6.23 Å². The van der Waals surface area contributed by atoms with Gasteiger partial charge in [-0.05, 0) is 10.6 Å². The number of rotatable bonds is 5. The molecule has 0 amide bonds. The minimum atomic E-state index is -1.87. The zero-order valence-corrected chi connectivity index (χ0v) is 12.8. The number of morpholine rings is 1. The molecule has 0 aliphatic carbocycles. The quantitative estimate of drug-likeness (QED) is 0.702. The lowest BCUT2D eigenvalue weighted by atomic mass is 10.3. The lowest BCUT2D eigenvalue weighted by Gasteiger charge is -2.30. The minimum absolute atomic E-state index is 0.169. The van der Waals surface area contributed by atoms with Crippen molar-refractivity contribution >= 4 is 14.0 Å². The normalized spacial score (nSPS) is 23.3. The molecule has 10 heteroatoms. The van der Waals surface area contributed by atoms with E-state index in [0.29, 0.717) is 13.1 Å². The number of anilines is 1. The van der Waals surface area contributed by atoms with Crippen LogP contribution in [0.4, 0.5) is 5.82 Å². The highest BCUT2D eigenvalue weighted by Gasteiger charge is 2.29. The van der Waals surface area contributed by atoms with Crippen LogP contribution in [0.2, 0.25) is 0 Å². The first-order valence-electron chi connectivity index (χ1n) is 6.45. The van der Waals surface area contributed by atoms with Gasteiger partial charge in [-0.25, -0.2) is 4.79 Å². The molecule has 1 aromatic heterocycles. The van der Waals surface area contributed by atoms with Gasteiger partial charge in [-0.3, -0.25) is 4.57 Å². The van der Waals surface area contributed by atoms with Crippen LogP contribution in [0.3, 0.4) is 0 Å². The number of nitrogens with one attached hydrogen (secondary N) is 1. The summed E-state index contributed by atoms with van der Waals surface area (Å²) in [6.07, 6.45) is 0.748. The van der Waals surface area contributed by atoms with Crippen molar-refractivity contribution in [2.24, 2.45) is 0 Å². The van der Waals surface area contributed by atoms with Crippen LogP contribution in [0, 0.1) is 0 Å². The maximum Gasteiger partial charge on any atom is 0.615 e. The molecule has 1 aliphatic heterocycles. The van der Waals surface area contributed by atoms with Gasteiger partial charge in [0, 0.05) is 33.4 Å². The summed E-state index contributed by atoms with van der Waals surface area (Å²) in [5.41, 5.74) is 4.99. The van der Waals surface area contributed by atoms with Gasteiger partial charge in [0.25, 0.3) is 0 Å². The van der Waals surface area contributed by atoms with E-state index in [-0.39, 0.29) is 18.5 Å². The molecule has 0 saturated carbocycles. The first-order valence-corrected chi connectivity index (χ1v) is 7.58. The molecule has 2 rings (SSSR count). The lowest BCUT2D eigenvalue weighted by molar-refractivity contribution is -0.0928. The van der Waals surface area contributed by atoms with Crippen LogP contribution in [0.5, 0.6) is 0 Å². The van der Waals surface area contributed by atoms with Gasteiger partial charge in [-0.2, -0.15) is 4.98 Å². The van der Waals surface area contributed by atoms with Crippen molar-refractivity contribution in [3.63, 3.8) is 0 Å². The van der Waals surface area contributed by atoms with Crippen LogP contribution >= 0.6 is 8.18 Å². The van der Waals surface area contributed by atoms with Gasteiger partial charge in [-0.1, -0.05) is 4.67 Å². The molecule has 21 heavy (non-hydrogen) atoms. The molecule has 9 nitrogen and oxygen atoms in total. The highest BCUT2D eigenvalue weighted by molar-refractivity contribution is 7.36. The lowest BCUT2D eigenvalue weighted by Crippen LogP contribution is -2.46. The molecule has 1 aromatic rings. The number of nitrogen functional groups attached to an aromatic ring is 1.